The van der Waals surface area contributed by atoms with E-state index >= 15 is 0 Å². The van der Waals surface area contributed by atoms with Gasteiger partial charge < -0.3 is 5.11 Å². The zero-order valence-electron chi connectivity index (χ0n) is 18.4. The van der Waals surface area contributed by atoms with Crippen molar-refractivity contribution in [3.63, 3.8) is 0 Å². The minimum absolute atomic E-state index is 0.0121. The number of phenols is 1. The van der Waals surface area contributed by atoms with Gasteiger partial charge in [0.2, 0.25) is 0 Å². The average molecular weight is 512 g/mol. The van der Waals surface area contributed by atoms with E-state index in [1.807, 2.05) is 0 Å². The van der Waals surface area contributed by atoms with Gasteiger partial charge in [-0.15, -0.1) is 0 Å². The molecule has 1 N–H and O–H groups in total. The van der Waals surface area contributed by atoms with Crippen LogP contribution in [0, 0.1) is 37.3 Å². The molecule has 1 heterocycles. The van der Waals surface area contributed by atoms with Crippen molar-refractivity contribution >= 4 is 44.4 Å². The highest BCUT2D eigenvalue weighted by Crippen LogP contribution is 2.47. The molecule has 3 aromatic carbocycles. The number of hydrogen-bond donors (Lipinski definition) is 1. The van der Waals surface area contributed by atoms with Gasteiger partial charge in [0.1, 0.15) is 5.75 Å². The normalized spacial score (nSPS) is 14.0. The van der Waals surface area contributed by atoms with Crippen molar-refractivity contribution in [3.05, 3.63) is 102 Å². The number of phenolic OH excluding ortho intramolecular Hbond substituents is 1. The van der Waals surface area contributed by atoms with Gasteiger partial charge in [0.05, 0.1) is 43.5 Å². The smallest absolute Gasteiger partial charge is 0.285 e. The van der Waals surface area contributed by atoms with Crippen molar-refractivity contribution in [1.82, 2.24) is 0 Å². The second-order valence-electron chi connectivity index (χ2n) is 7.87. The molecule has 0 aliphatic carbocycles. The van der Waals surface area contributed by atoms with Crippen molar-refractivity contribution < 1.29 is 28.3 Å². The lowest BCUT2D eigenvalue weighted by molar-refractivity contribution is -0.394. The van der Waals surface area contributed by atoms with Crippen LogP contribution >= 0.6 is 0 Å². The number of sulfonamides is 1. The Balaban J connectivity index is 2.00. The summed E-state index contributed by atoms with van der Waals surface area (Å²) in [5.74, 6) is -0.390. The Hall–Kier alpha value is -4.85. The van der Waals surface area contributed by atoms with Gasteiger partial charge in [-0.2, -0.15) is 0 Å². The van der Waals surface area contributed by atoms with Crippen LogP contribution < -0.4 is 4.31 Å². The number of aryl methyl sites for hydroxylation is 1. The molecule has 3 aromatic rings. The van der Waals surface area contributed by atoms with Crippen LogP contribution in [0.3, 0.4) is 0 Å². The molecule has 0 saturated heterocycles. The van der Waals surface area contributed by atoms with Crippen molar-refractivity contribution in [2.75, 3.05) is 10.8 Å². The third-order valence-electron chi connectivity index (χ3n) is 5.55. The first-order valence-corrected chi connectivity index (χ1v) is 11.6. The highest BCUT2D eigenvalue weighted by Gasteiger charge is 2.40. The Bertz CT molecular complexity index is 1580. The first-order valence-electron chi connectivity index (χ1n) is 10.1. The van der Waals surface area contributed by atoms with Gasteiger partial charge in [0.15, 0.2) is 0 Å². The molecule has 14 heteroatoms. The summed E-state index contributed by atoms with van der Waals surface area (Å²) in [5.41, 5.74) is -1.60. The number of rotatable bonds is 6. The molecule has 0 atom stereocenters. The Kier molecular flexibility index (Phi) is 5.89. The lowest BCUT2D eigenvalue weighted by Gasteiger charge is -2.19. The summed E-state index contributed by atoms with van der Waals surface area (Å²) in [6.07, 6.45) is 1.19. The summed E-state index contributed by atoms with van der Waals surface area (Å²) in [6.45, 7) is 1.27. The zero-order valence-corrected chi connectivity index (χ0v) is 19.2. The van der Waals surface area contributed by atoms with Gasteiger partial charge in [-0.1, -0.05) is 17.7 Å². The Morgan fingerprint density at radius 3 is 2.11 bits per heavy atom. The number of non-ortho nitro benzene ring substituents is 2. The fourth-order valence-electron chi connectivity index (χ4n) is 3.82. The lowest BCUT2D eigenvalue weighted by atomic mass is 10.0. The van der Waals surface area contributed by atoms with Gasteiger partial charge in [0.25, 0.3) is 27.1 Å². The molecule has 0 aromatic heterocycles. The third kappa shape index (κ3) is 4.20. The van der Waals surface area contributed by atoms with Crippen LogP contribution in [0.1, 0.15) is 16.7 Å². The highest BCUT2D eigenvalue weighted by molar-refractivity contribution is 7.92. The number of fused-ring (bicyclic) bond motifs is 1. The molecule has 4 rings (SSSR count). The van der Waals surface area contributed by atoms with Crippen LogP contribution in [0.25, 0.3) is 11.6 Å². The number of nitro benzene ring substituents is 3. The van der Waals surface area contributed by atoms with Crippen LogP contribution in [0.2, 0.25) is 0 Å². The first kappa shape index (κ1) is 24.3. The molecule has 36 heavy (non-hydrogen) atoms. The molecule has 1 aliphatic rings. The molecule has 0 unspecified atom stereocenters. The molecule has 0 spiro atoms. The fourth-order valence-corrected chi connectivity index (χ4v) is 5.27. The molecule has 13 nitrogen and oxygen atoms in total. The minimum atomic E-state index is -4.33. The van der Waals surface area contributed by atoms with Crippen LogP contribution in [-0.2, 0) is 10.0 Å². The van der Waals surface area contributed by atoms with Crippen LogP contribution in [0.5, 0.6) is 5.75 Å². The van der Waals surface area contributed by atoms with Crippen LogP contribution in [0.15, 0.2) is 59.5 Å². The van der Waals surface area contributed by atoms with E-state index in [2.05, 4.69) is 0 Å². The number of aromatic hydroxyl groups is 1. The van der Waals surface area contributed by atoms with Gasteiger partial charge >= 0.3 is 0 Å². The Morgan fingerprint density at radius 2 is 1.53 bits per heavy atom. The lowest BCUT2D eigenvalue weighted by Crippen LogP contribution is -2.29. The Labute approximate surface area is 203 Å². The van der Waals surface area contributed by atoms with Gasteiger partial charge in [-0.05, 0) is 36.8 Å². The van der Waals surface area contributed by atoms with E-state index in [1.54, 1.807) is 19.1 Å². The number of benzene rings is 3. The SMILES string of the molecule is Cc1ccc(S(=O)(=O)N2C/C(=C\c3cc([N+](=O)[O-])ccc3O)c3c2cc([N+](=O)[O-])cc3[N+](=O)[O-])cc1. The second-order valence-corrected chi connectivity index (χ2v) is 9.73. The van der Waals surface area contributed by atoms with Crippen LogP contribution in [-0.4, -0.2) is 34.8 Å². The summed E-state index contributed by atoms with van der Waals surface area (Å²) in [4.78, 5) is 31.9. The van der Waals surface area contributed by atoms with E-state index in [4.69, 9.17) is 0 Å². The maximum absolute atomic E-state index is 13.5. The number of nitro groups is 3. The van der Waals surface area contributed by atoms with Crippen LogP contribution in [0.4, 0.5) is 22.7 Å². The van der Waals surface area contributed by atoms with E-state index in [1.165, 1.54) is 18.2 Å². The largest absolute Gasteiger partial charge is 0.507 e. The quantitative estimate of drug-likeness (QED) is 0.373. The van der Waals surface area contributed by atoms with E-state index in [0.717, 1.165) is 34.1 Å². The predicted octanol–water partition coefficient (Wildman–Crippen LogP) is 4.17. The number of nitrogens with zero attached hydrogens (tertiary/aromatic N) is 4. The zero-order chi connectivity index (χ0) is 26.4. The fraction of sp³-hybridized carbons (Fsp3) is 0.0909. The van der Waals surface area contributed by atoms with E-state index < -0.39 is 42.7 Å². The van der Waals surface area contributed by atoms with E-state index in [-0.39, 0.29) is 38.7 Å². The van der Waals surface area contributed by atoms with E-state index in [0.29, 0.717) is 6.07 Å². The second kappa shape index (κ2) is 8.74. The molecule has 0 radical (unpaired) electrons. The molecule has 0 amide bonds. The first-order chi connectivity index (χ1) is 16.9. The maximum atomic E-state index is 13.5. The molecule has 1 aliphatic heterocycles. The van der Waals surface area contributed by atoms with E-state index in [9.17, 15) is 43.9 Å². The summed E-state index contributed by atoms with van der Waals surface area (Å²) in [6, 6.07) is 10.6. The Morgan fingerprint density at radius 1 is 0.889 bits per heavy atom. The van der Waals surface area contributed by atoms with Gasteiger partial charge in [0, 0.05) is 23.8 Å². The topological polar surface area (TPSA) is 187 Å². The number of anilines is 1. The summed E-state index contributed by atoms with van der Waals surface area (Å²) >= 11 is 0. The van der Waals surface area contributed by atoms with Crippen molar-refractivity contribution in [2.45, 2.75) is 11.8 Å². The predicted molar refractivity (Wildman–Crippen MR) is 128 cm³/mol. The molecule has 0 fully saturated rings. The average Bonchev–Trinajstić information content (AvgIpc) is 3.19. The number of hydrogen-bond acceptors (Lipinski definition) is 9. The van der Waals surface area contributed by atoms with Gasteiger partial charge in [-0.3, -0.25) is 34.6 Å². The van der Waals surface area contributed by atoms with Crippen molar-refractivity contribution in [2.24, 2.45) is 0 Å². The maximum Gasteiger partial charge on any atom is 0.285 e. The third-order valence-corrected chi connectivity index (χ3v) is 7.33. The summed E-state index contributed by atoms with van der Waals surface area (Å²) in [5, 5.41) is 44.7. The van der Waals surface area contributed by atoms with Gasteiger partial charge in [-0.25, -0.2) is 8.42 Å². The van der Waals surface area contributed by atoms with Crippen molar-refractivity contribution in [3.8, 4) is 5.75 Å². The molecular formula is C22H16N4O9S. The molecule has 0 saturated carbocycles. The molecular weight excluding hydrogens is 496 g/mol. The highest BCUT2D eigenvalue weighted by atomic mass is 32.2. The summed E-state index contributed by atoms with van der Waals surface area (Å²) in [7, 11) is -4.33. The summed E-state index contributed by atoms with van der Waals surface area (Å²) < 4.78 is 27.8. The standard InChI is InChI=1S/C22H16N4O9S/c1-13-2-5-18(6-3-13)36(34,35)23-12-15(8-14-9-16(24(28)29)4-7-21(14)27)22-19(23)10-17(25(30)31)11-20(22)26(32)33/h2-11,27H,12H2,1H3/b15-8+. The monoisotopic (exact) mass is 512 g/mol. The molecule has 0 bridgehead atoms. The van der Waals surface area contributed by atoms with Crippen molar-refractivity contribution in [1.29, 1.82) is 0 Å². The molecule has 184 valence electrons. The minimum Gasteiger partial charge on any atom is -0.507 e.